The van der Waals surface area contributed by atoms with Crippen LogP contribution in [0.25, 0.3) is 0 Å². The number of hydrogen-bond acceptors (Lipinski definition) is 3. The summed E-state index contributed by atoms with van der Waals surface area (Å²) in [7, 11) is 1.64. The summed E-state index contributed by atoms with van der Waals surface area (Å²) in [5.41, 5.74) is 1.04. The molecule has 7 heteroatoms. The molecule has 3 N–H and O–H groups in total. The first-order valence-corrected chi connectivity index (χ1v) is 6.56. The molecular formula is C14H17N3O4. The molecule has 0 bridgehead atoms. The summed E-state index contributed by atoms with van der Waals surface area (Å²) in [6.07, 6.45) is 0.299. The Morgan fingerprint density at radius 2 is 2.05 bits per heavy atom. The summed E-state index contributed by atoms with van der Waals surface area (Å²) in [6, 6.07) is 5.91. The highest BCUT2D eigenvalue weighted by Crippen LogP contribution is 2.08. The molecule has 1 aliphatic heterocycles. The quantitative estimate of drug-likeness (QED) is 0.748. The number of nitrogens with one attached hydrogen (secondary N) is 2. The van der Waals surface area contributed by atoms with Gasteiger partial charge in [0.05, 0.1) is 11.6 Å². The van der Waals surface area contributed by atoms with Crippen molar-refractivity contribution in [2.24, 2.45) is 0 Å². The molecule has 1 aromatic rings. The van der Waals surface area contributed by atoms with Crippen molar-refractivity contribution in [2.75, 3.05) is 13.6 Å². The van der Waals surface area contributed by atoms with Gasteiger partial charge < -0.3 is 20.6 Å². The fourth-order valence-electron chi connectivity index (χ4n) is 2.09. The van der Waals surface area contributed by atoms with E-state index in [0.29, 0.717) is 19.5 Å². The van der Waals surface area contributed by atoms with Crippen molar-refractivity contribution < 1.29 is 19.5 Å². The molecule has 21 heavy (non-hydrogen) atoms. The van der Waals surface area contributed by atoms with Gasteiger partial charge in [0.15, 0.2) is 0 Å². The number of aromatic carboxylic acids is 1. The molecule has 1 unspecified atom stereocenters. The molecule has 0 aliphatic carbocycles. The fraction of sp³-hybridized carbons (Fsp3) is 0.357. The van der Waals surface area contributed by atoms with Crippen LogP contribution in [0.15, 0.2) is 24.3 Å². The number of rotatable bonds is 4. The third kappa shape index (κ3) is 3.95. The lowest BCUT2D eigenvalue weighted by atomic mass is 10.1. The van der Waals surface area contributed by atoms with Gasteiger partial charge in [0.2, 0.25) is 5.91 Å². The van der Waals surface area contributed by atoms with Gasteiger partial charge in [-0.25, -0.2) is 9.59 Å². The Kier molecular flexibility index (Phi) is 4.42. The van der Waals surface area contributed by atoms with E-state index in [2.05, 4.69) is 10.6 Å². The highest BCUT2D eigenvalue weighted by atomic mass is 16.4. The molecule has 3 amide bonds. The van der Waals surface area contributed by atoms with Crippen LogP contribution in [0.4, 0.5) is 4.79 Å². The van der Waals surface area contributed by atoms with E-state index in [-0.39, 0.29) is 23.5 Å². The van der Waals surface area contributed by atoms with Gasteiger partial charge >= 0.3 is 12.0 Å². The first kappa shape index (κ1) is 14.8. The average molecular weight is 291 g/mol. The summed E-state index contributed by atoms with van der Waals surface area (Å²) in [4.78, 5) is 35.3. The Bertz CT molecular complexity index is 556. The van der Waals surface area contributed by atoms with E-state index < -0.39 is 5.97 Å². The Morgan fingerprint density at radius 3 is 2.57 bits per heavy atom. The van der Waals surface area contributed by atoms with Crippen LogP contribution in [0.5, 0.6) is 0 Å². The average Bonchev–Trinajstić information content (AvgIpc) is 2.84. The molecule has 0 aromatic heterocycles. The van der Waals surface area contributed by atoms with Crippen LogP contribution in [0.1, 0.15) is 22.3 Å². The maximum atomic E-state index is 12.0. The monoisotopic (exact) mass is 291 g/mol. The van der Waals surface area contributed by atoms with Crippen LogP contribution < -0.4 is 10.6 Å². The third-order valence-corrected chi connectivity index (χ3v) is 3.27. The molecule has 0 saturated carbocycles. The maximum absolute atomic E-state index is 12.0. The van der Waals surface area contributed by atoms with E-state index in [0.717, 1.165) is 5.56 Å². The second kappa shape index (κ2) is 6.25. The lowest BCUT2D eigenvalue weighted by Crippen LogP contribution is -2.43. The van der Waals surface area contributed by atoms with Gasteiger partial charge in [-0.05, 0) is 17.7 Å². The Labute approximate surface area is 121 Å². The predicted molar refractivity (Wildman–Crippen MR) is 74.8 cm³/mol. The number of carboxylic acid groups (broad SMARTS) is 1. The van der Waals surface area contributed by atoms with E-state index in [9.17, 15) is 14.4 Å². The Morgan fingerprint density at radius 1 is 1.38 bits per heavy atom. The molecule has 1 aliphatic rings. The molecule has 112 valence electrons. The second-order valence-corrected chi connectivity index (χ2v) is 5.01. The Hall–Kier alpha value is -2.57. The summed E-state index contributed by atoms with van der Waals surface area (Å²) < 4.78 is 0. The first-order chi connectivity index (χ1) is 9.95. The number of hydrogen-bond donors (Lipinski definition) is 3. The van der Waals surface area contributed by atoms with Crippen molar-refractivity contribution in [1.82, 2.24) is 15.5 Å². The zero-order valence-electron chi connectivity index (χ0n) is 11.6. The largest absolute Gasteiger partial charge is 0.478 e. The number of nitrogens with zero attached hydrogens (tertiary/aromatic N) is 1. The van der Waals surface area contributed by atoms with Crippen LogP contribution in [-0.2, 0) is 11.3 Å². The molecular weight excluding hydrogens is 274 g/mol. The number of amides is 3. The van der Waals surface area contributed by atoms with E-state index in [1.807, 2.05) is 0 Å². The molecule has 1 atom stereocenters. The summed E-state index contributed by atoms with van der Waals surface area (Å²) in [6.45, 7) is 0.811. The third-order valence-electron chi connectivity index (χ3n) is 3.27. The molecule has 1 saturated heterocycles. The van der Waals surface area contributed by atoms with Gasteiger partial charge in [-0.3, -0.25) is 4.79 Å². The number of benzene rings is 1. The van der Waals surface area contributed by atoms with Crippen molar-refractivity contribution in [3.63, 3.8) is 0 Å². The molecule has 1 heterocycles. The zero-order valence-corrected chi connectivity index (χ0v) is 11.6. The van der Waals surface area contributed by atoms with Crippen molar-refractivity contribution in [2.45, 2.75) is 19.0 Å². The van der Waals surface area contributed by atoms with Gasteiger partial charge in [0.25, 0.3) is 0 Å². The lowest BCUT2D eigenvalue weighted by molar-refractivity contribution is -0.119. The van der Waals surface area contributed by atoms with E-state index >= 15 is 0 Å². The second-order valence-electron chi connectivity index (χ2n) is 5.01. The topological polar surface area (TPSA) is 98.7 Å². The molecule has 2 rings (SSSR count). The standard InChI is InChI=1S/C14H17N3O4/c1-17(14(21)16-11-6-12(18)15-7-11)8-9-2-4-10(5-3-9)13(19)20/h2-5,11H,6-8H2,1H3,(H,15,18)(H,16,21)(H,19,20). The van der Waals surface area contributed by atoms with Crippen molar-refractivity contribution in [3.05, 3.63) is 35.4 Å². The van der Waals surface area contributed by atoms with Gasteiger partial charge in [-0.15, -0.1) is 0 Å². The minimum atomic E-state index is -0.981. The Balaban J connectivity index is 1.88. The molecule has 0 radical (unpaired) electrons. The van der Waals surface area contributed by atoms with Gasteiger partial charge in [0.1, 0.15) is 0 Å². The van der Waals surface area contributed by atoms with Crippen LogP contribution in [0.3, 0.4) is 0 Å². The minimum Gasteiger partial charge on any atom is -0.478 e. The lowest BCUT2D eigenvalue weighted by Gasteiger charge is -2.20. The summed E-state index contributed by atoms with van der Waals surface area (Å²) in [5.74, 6) is -1.04. The number of carbonyl (C=O) groups is 3. The zero-order chi connectivity index (χ0) is 15.4. The number of carboxylic acids is 1. The highest BCUT2D eigenvalue weighted by Gasteiger charge is 2.24. The maximum Gasteiger partial charge on any atom is 0.335 e. The van der Waals surface area contributed by atoms with Gasteiger partial charge in [0, 0.05) is 26.6 Å². The smallest absolute Gasteiger partial charge is 0.335 e. The van der Waals surface area contributed by atoms with Gasteiger partial charge in [-0.1, -0.05) is 12.1 Å². The number of carbonyl (C=O) groups excluding carboxylic acids is 2. The van der Waals surface area contributed by atoms with Crippen LogP contribution in [0, 0.1) is 0 Å². The van der Waals surface area contributed by atoms with Crippen molar-refractivity contribution in [3.8, 4) is 0 Å². The molecule has 1 fully saturated rings. The SMILES string of the molecule is CN(Cc1ccc(C(=O)O)cc1)C(=O)NC1CNC(=O)C1. The molecule has 7 nitrogen and oxygen atoms in total. The van der Waals surface area contributed by atoms with Crippen molar-refractivity contribution >= 4 is 17.9 Å². The molecule has 1 aromatic carbocycles. The summed E-state index contributed by atoms with van der Waals surface area (Å²) >= 11 is 0. The minimum absolute atomic E-state index is 0.0628. The highest BCUT2D eigenvalue weighted by molar-refractivity contribution is 5.87. The number of urea groups is 1. The predicted octanol–water partition coefficient (Wildman–Crippen LogP) is 0.415. The van der Waals surface area contributed by atoms with Crippen LogP contribution in [-0.4, -0.2) is 47.5 Å². The van der Waals surface area contributed by atoms with E-state index in [1.165, 1.54) is 17.0 Å². The first-order valence-electron chi connectivity index (χ1n) is 6.56. The summed E-state index contributed by atoms with van der Waals surface area (Å²) in [5, 5.41) is 14.2. The molecule has 0 spiro atoms. The van der Waals surface area contributed by atoms with E-state index in [4.69, 9.17) is 5.11 Å². The van der Waals surface area contributed by atoms with Gasteiger partial charge in [-0.2, -0.15) is 0 Å². The van der Waals surface area contributed by atoms with Crippen LogP contribution in [0.2, 0.25) is 0 Å². The normalized spacial score (nSPS) is 17.2. The van der Waals surface area contributed by atoms with Crippen LogP contribution >= 0.6 is 0 Å². The van der Waals surface area contributed by atoms with Crippen molar-refractivity contribution in [1.29, 1.82) is 0 Å². The van der Waals surface area contributed by atoms with E-state index in [1.54, 1.807) is 19.2 Å². The fourth-order valence-corrected chi connectivity index (χ4v) is 2.09.